The minimum absolute atomic E-state index is 0.00348. The highest BCUT2D eigenvalue weighted by atomic mass is 32.2. The summed E-state index contributed by atoms with van der Waals surface area (Å²) in [6.07, 6.45) is 1.59. The third-order valence-electron chi connectivity index (χ3n) is 3.91. The molecule has 0 aliphatic carbocycles. The zero-order valence-electron chi connectivity index (χ0n) is 14.8. The molecule has 0 atom stereocenters. The number of ether oxygens (including phenoxy) is 2. The van der Waals surface area contributed by atoms with Crippen LogP contribution in [0.25, 0.3) is 6.08 Å². The molecule has 0 radical (unpaired) electrons. The topological polar surface area (TPSA) is 88.1 Å². The maximum absolute atomic E-state index is 12.6. The van der Waals surface area contributed by atoms with Crippen LogP contribution in [0, 0.1) is 0 Å². The molecule has 0 aromatic heterocycles. The molecule has 2 amide bonds. The number of hydrogen-bond donors (Lipinski definition) is 2. The third kappa shape index (κ3) is 4.01. The van der Waals surface area contributed by atoms with E-state index in [0.29, 0.717) is 27.7 Å². The molecule has 2 aromatic carbocycles. The molecule has 2 aromatic rings. The molecule has 7 nitrogen and oxygen atoms in total. The van der Waals surface area contributed by atoms with Crippen LogP contribution in [-0.4, -0.2) is 42.0 Å². The number of phenols is 1. The number of para-hydroxylation sites is 2. The molecule has 1 aliphatic rings. The molecular weight excluding hydrogens is 368 g/mol. The molecule has 140 valence electrons. The van der Waals surface area contributed by atoms with Crippen molar-refractivity contribution in [1.29, 1.82) is 0 Å². The van der Waals surface area contributed by atoms with Crippen molar-refractivity contribution in [3.8, 4) is 17.2 Å². The number of nitrogens with one attached hydrogen (secondary N) is 1. The number of nitrogens with zero attached hydrogens (tertiary/aromatic N) is 1. The molecule has 1 saturated heterocycles. The van der Waals surface area contributed by atoms with Crippen LogP contribution in [-0.2, 0) is 4.79 Å². The average Bonchev–Trinajstić information content (AvgIpc) is 2.94. The van der Waals surface area contributed by atoms with E-state index in [-0.39, 0.29) is 23.6 Å². The van der Waals surface area contributed by atoms with Crippen molar-refractivity contribution >= 4 is 34.7 Å². The van der Waals surface area contributed by atoms with Crippen molar-refractivity contribution in [2.75, 3.05) is 26.2 Å². The minimum atomic E-state index is -0.389. The van der Waals surface area contributed by atoms with E-state index in [0.717, 1.165) is 16.7 Å². The Hall–Kier alpha value is -3.13. The van der Waals surface area contributed by atoms with E-state index in [2.05, 4.69) is 5.32 Å². The summed E-state index contributed by atoms with van der Waals surface area (Å²) in [5.41, 5.74) is 1.33. The predicted octanol–water partition coefficient (Wildman–Crippen LogP) is 3.52. The van der Waals surface area contributed by atoms with Crippen LogP contribution in [0.4, 0.5) is 10.5 Å². The fourth-order valence-electron chi connectivity index (χ4n) is 2.53. The van der Waals surface area contributed by atoms with Gasteiger partial charge >= 0.3 is 0 Å². The number of aromatic hydroxyl groups is 1. The molecule has 3 rings (SSSR count). The van der Waals surface area contributed by atoms with Gasteiger partial charge in [-0.3, -0.25) is 14.5 Å². The summed E-state index contributed by atoms with van der Waals surface area (Å²) >= 11 is 0.863. The molecule has 27 heavy (non-hydrogen) atoms. The van der Waals surface area contributed by atoms with Gasteiger partial charge in [-0.2, -0.15) is 0 Å². The van der Waals surface area contributed by atoms with Gasteiger partial charge in [0.1, 0.15) is 5.75 Å². The van der Waals surface area contributed by atoms with Gasteiger partial charge in [-0.1, -0.05) is 18.2 Å². The lowest BCUT2D eigenvalue weighted by Gasteiger charge is -2.16. The highest BCUT2D eigenvalue weighted by Gasteiger charge is 2.35. The predicted molar refractivity (Wildman–Crippen MR) is 104 cm³/mol. The van der Waals surface area contributed by atoms with Crippen molar-refractivity contribution in [3.05, 3.63) is 52.9 Å². The van der Waals surface area contributed by atoms with Gasteiger partial charge < -0.3 is 19.9 Å². The van der Waals surface area contributed by atoms with Crippen LogP contribution < -0.4 is 14.8 Å². The first-order chi connectivity index (χ1) is 13.0. The summed E-state index contributed by atoms with van der Waals surface area (Å²) in [5.74, 6) is 0.528. The van der Waals surface area contributed by atoms with Crippen LogP contribution in [0.1, 0.15) is 5.56 Å². The number of phenolic OH excluding ortho intramolecular Hbond substituents is 1. The van der Waals surface area contributed by atoms with E-state index in [4.69, 9.17) is 9.47 Å². The van der Waals surface area contributed by atoms with Crippen molar-refractivity contribution in [2.24, 2.45) is 0 Å². The molecule has 1 aliphatic heterocycles. The van der Waals surface area contributed by atoms with Gasteiger partial charge in [0.05, 0.1) is 31.5 Å². The van der Waals surface area contributed by atoms with Gasteiger partial charge in [-0.05, 0) is 47.7 Å². The number of anilines is 1. The standard InChI is InChI=1S/C19H18N2O5S/c1-25-15-6-4-3-5-13(15)20-11-21-18(23)17(27-19(21)24)10-12-7-8-14(22)16(9-12)26-2/h3-10,20,22H,11H2,1-2H3/b17-10-. The zero-order valence-corrected chi connectivity index (χ0v) is 15.6. The Bertz CT molecular complexity index is 913. The highest BCUT2D eigenvalue weighted by Crippen LogP contribution is 2.34. The number of benzene rings is 2. The number of carbonyl (C=O) groups excluding carboxylic acids is 2. The maximum Gasteiger partial charge on any atom is 0.295 e. The number of rotatable bonds is 6. The first-order valence-corrected chi connectivity index (χ1v) is 8.84. The lowest BCUT2D eigenvalue weighted by molar-refractivity contribution is -0.122. The second kappa shape index (κ2) is 8.05. The van der Waals surface area contributed by atoms with E-state index in [9.17, 15) is 14.7 Å². The summed E-state index contributed by atoms with van der Waals surface area (Å²) in [6.45, 7) is 0.0290. The van der Waals surface area contributed by atoms with E-state index in [1.54, 1.807) is 37.5 Å². The quantitative estimate of drug-likeness (QED) is 0.735. The molecule has 0 spiro atoms. The van der Waals surface area contributed by atoms with Crippen molar-refractivity contribution in [3.63, 3.8) is 0 Å². The molecule has 8 heteroatoms. The van der Waals surface area contributed by atoms with Gasteiger partial charge in [0.2, 0.25) is 0 Å². The number of imide groups is 1. The largest absolute Gasteiger partial charge is 0.504 e. The fraction of sp³-hybridized carbons (Fsp3) is 0.158. The second-order valence-corrected chi connectivity index (χ2v) is 6.57. The minimum Gasteiger partial charge on any atom is -0.504 e. The Morgan fingerprint density at radius 2 is 1.85 bits per heavy atom. The van der Waals surface area contributed by atoms with Crippen LogP contribution in [0.15, 0.2) is 47.4 Å². The summed E-state index contributed by atoms with van der Waals surface area (Å²) < 4.78 is 10.3. The Balaban J connectivity index is 1.75. The van der Waals surface area contributed by atoms with Crippen LogP contribution >= 0.6 is 11.8 Å². The Morgan fingerprint density at radius 1 is 1.11 bits per heavy atom. The highest BCUT2D eigenvalue weighted by molar-refractivity contribution is 8.18. The zero-order chi connectivity index (χ0) is 19.4. The maximum atomic E-state index is 12.6. The molecular formula is C19H18N2O5S. The summed E-state index contributed by atoms with van der Waals surface area (Å²) in [5, 5.41) is 12.3. The first kappa shape index (κ1) is 18.7. The monoisotopic (exact) mass is 386 g/mol. The first-order valence-electron chi connectivity index (χ1n) is 8.02. The molecule has 0 unspecified atom stereocenters. The lowest BCUT2D eigenvalue weighted by atomic mass is 10.2. The molecule has 1 fully saturated rings. The summed E-state index contributed by atoms with van der Waals surface area (Å²) in [6, 6.07) is 12.0. The fourth-order valence-corrected chi connectivity index (χ4v) is 3.36. The Morgan fingerprint density at radius 3 is 2.59 bits per heavy atom. The Labute approximate surface area is 160 Å². The van der Waals surface area contributed by atoms with Crippen molar-refractivity contribution < 1.29 is 24.2 Å². The van der Waals surface area contributed by atoms with E-state index in [1.807, 2.05) is 12.1 Å². The number of amides is 2. The molecule has 2 N–H and O–H groups in total. The number of methoxy groups -OCH3 is 2. The van der Waals surface area contributed by atoms with Gasteiger partial charge in [-0.25, -0.2) is 0 Å². The van der Waals surface area contributed by atoms with Crippen LogP contribution in [0.2, 0.25) is 0 Å². The van der Waals surface area contributed by atoms with E-state index in [1.165, 1.54) is 13.2 Å². The molecule has 0 bridgehead atoms. The average molecular weight is 386 g/mol. The van der Waals surface area contributed by atoms with E-state index < -0.39 is 0 Å². The van der Waals surface area contributed by atoms with E-state index >= 15 is 0 Å². The van der Waals surface area contributed by atoms with Gasteiger partial charge in [0, 0.05) is 0 Å². The molecule has 0 saturated carbocycles. The smallest absolute Gasteiger partial charge is 0.295 e. The normalized spacial score (nSPS) is 15.3. The lowest BCUT2D eigenvalue weighted by Crippen LogP contribution is -2.33. The second-order valence-electron chi connectivity index (χ2n) is 5.58. The third-order valence-corrected chi connectivity index (χ3v) is 4.82. The SMILES string of the molecule is COc1cc(/C=C2\SC(=O)N(CNc3ccccc3OC)C2=O)ccc1O. The Kier molecular flexibility index (Phi) is 5.56. The van der Waals surface area contributed by atoms with Crippen molar-refractivity contribution in [1.82, 2.24) is 4.90 Å². The van der Waals surface area contributed by atoms with Crippen LogP contribution in [0.3, 0.4) is 0 Å². The molecule has 1 heterocycles. The summed E-state index contributed by atoms with van der Waals surface area (Å²) in [4.78, 5) is 26.2. The van der Waals surface area contributed by atoms with Gasteiger partial charge in [0.25, 0.3) is 11.1 Å². The number of thioether (sulfide) groups is 1. The van der Waals surface area contributed by atoms with Gasteiger partial charge in [0.15, 0.2) is 11.5 Å². The number of carbonyl (C=O) groups is 2. The van der Waals surface area contributed by atoms with Gasteiger partial charge in [-0.15, -0.1) is 0 Å². The van der Waals surface area contributed by atoms with Crippen molar-refractivity contribution in [2.45, 2.75) is 0 Å². The van der Waals surface area contributed by atoms with Crippen LogP contribution in [0.5, 0.6) is 17.2 Å². The summed E-state index contributed by atoms with van der Waals surface area (Å²) in [7, 11) is 2.99. The number of hydrogen-bond acceptors (Lipinski definition) is 7.